The molecule has 4 rings (SSSR count). The van der Waals surface area contributed by atoms with E-state index in [0.29, 0.717) is 25.2 Å². The molecule has 0 unspecified atom stereocenters. The second-order valence-corrected chi connectivity index (χ2v) is 8.93. The number of anilines is 3. The summed E-state index contributed by atoms with van der Waals surface area (Å²) in [5, 5.41) is 5.68. The smallest absolute Gasteiger partial charge is 0.323 e. The van der Waals surface area contributed by atoms with Crippen LogP contribution in [0.15, 0.2) is 77.3 Å². The second kappa shape index (κ2) is 10.5. The zero-order valence-electron chi connectivity index (χ0n) is 18.6. The topological polar surface area (TPSA) is 64.7 Å². The highest BCUT2D eigenvalue weighted by atomic mass is 79.9. The maximum absolute atomic E-state index is 12.7. The van der Waals surface area contributed by atoms with Crippen LogP contribution in [0.25, 0.3) is 0 Å². The summed E-state index contributed by atoms with van der Waals surface area (Å²) in [4.78, 5) is 29.2. The maximum Gasteiger partial charge on any atom is 0.323 e. The molecule has 0 aliphatic carbocycles. The van der Waals surface area contributed by atoms with Crippen LogP contribution in [0.3, 0.4) is 0 Å². The summed E-state index contributed by atoms with van der Waals surface area (Å²) in [6.45, 7) is 5.03. The van der Waals surface area contributed by atoms with Gasteiger partial charge in [-0.3, -0.25) is 4.79 Å². The first-order valence-corrected chi connectivity index (χ1v) is 11.8. The van der Waals surface area contributed by atoms with Crippen LogP contribution in [-0.2, 0) is 11.2 Å². The first kappa shape index (κ1) is 22.9. The monoisotopic (exact) mass is 506 g/mol. The van der Waals surface area contributed by atoms with E-state index in [9.17, 15) is 9.59 Å². The molecule has 1 fully saturated rings. The summed E-state index contributed by atoms with van der Waals surface area (Å²) in [5.41, 5.74) is 4.76. The second-order valence-electron chi connectivity index (χ2n) is 8.08. The fourth-order valence-corrected chi connectivity index (χ4v) is 4.28. The zero-order valence-corrected chi connectivity index (χ0v) is 20.1. The van der Waals surface area contributed by atoms with Crippen molar-refractivity contribution < 1.29 is 9.59 Å². The van der Waals surface area contributed by atoms with Gasteiger partial charge < -0.3 is 20.4 Å². The number of rotatable bonds is 5. The highest BCUT2D eigenvalue weighted by Gasteiger charge is 2.21. The van der Waals surface area contributed by atoms with Gasteiger partial charge in [0.1, 0.15) is 0 Å². The molecule has 1 saturated heterocycles. The van der Waals surface area contributed by atoms with Crippen LogP contribution >= 0.6 is 15.9 Å². The minimum Gasteiger partial charge on any atom is -0.368 e. The molecule has 1 aliphatic rings. The molecule has 0 spiro atoms. The molecule has 3 aromatic rings. The number of benzene rings is 3. The Morgan fingerprint density at radius 2 is 1.52 bits per heavy atom. The normalized spacial score (nSPS) is 13.5. The lowest BCUT2D eigenvalue weighted by Gasteiger charge is -2.36. The number of carbonyl (C=O) groups excluding carboxylic acids is 2. The van der Waals surface area contributed by atoms with Gasteiger partial charge in [-0.1, -0.05) is 36.4 Å². The molecule has 7 heteroatoms. The maximum atomic E-state index is 12.7. The summed E-state index contributed by atoms with van der Waals surface area (Å²) in [5.74, 6) is 0.180. The van der Waals surface area contributed by atoms with Crippen molar-refractivity contribution in [1.29, 1.82) is 0 Å². The molecule has 0 atom stereocenters. The highest BCUT2D eigenvalue weighted by Crippen LogP contribution is 2.23. The minimum atomic E-state index is -0.296. The van der Waals surface area contributed by atoms with Crippen molar-refractivity contribution in [1.82, 2.24) is 4.90 Å². The molecule has 1 aliphatic heterocycles. The van der Waals surface area contributed by atoms with Crippen molar-refractivity contribution in [2.45, 2.75) is 13.3 Å². The van der Waals surface area contributed by atoms with Gasteiger partial charge in [-0.15, -0.1) is 0 Å². The molecular weight excluding hydrogens is 480 g/mol. The molecule has 0 aromatic heterocycles. The Balaban J connectivity index is 1.27. The number of piperazine rings is 1. The Kier molecular flexibility index (Phi) is 7.29. The first-order valence-electron chi connectivity index (χ1n) is 11.0. The summed E-state index contributed by atoms with van der Waals surface area (Å²) >= 11 is 3.42. The third-order valence-corrected chi connectivity index (χ3v) is 6.54. The first-order chi connectivity index (χ1) is 16.0. The number of aryl methyl sites for hydroxylation is 1. The number of hydrogen-bond donors (Lipinski definition) is 2. The number of amides is 3. The molecule has 0 radical (unpaired) electrons. The molecule has 33 heavy (non-hydrogen) atoms. The standard InChI is InChI=1S/C26H27BrN4O2/c1-19-6-2-3-7-20(19)18-25(32)31-16-14-30(15-17-31)22-12-10-21(11-13-22)28-26(33)29-24-9-5-4-8-23(24)27/h2-13H,14-18H2,1H3,(H2,28,29,33). The fourth-order valence-electron chi connectivity index (χ4n) is 3.90. The van der Waals surface area contributed by atoms with Crippen LogP contribution in [0.2, 0.25) is 0 Å². The SMILES string of the molecule is Cc1ccccc1CC(=O)N1CCN(c2ccc(NC(=O)Nc3ccccc3Br)cc2)CC1. The summed E-state index contributed by atoms with van der Waals surface area (Å²) in [7, 11) is 0. The highest BCUT2D eigenvalue weighted by molar-refractivity contribution is 9.10. The molecule has 3 aromatic carbocycles. The van der Waals surface area contributed by atoms with E-state index < -0.39 is 0 Å². The van der Waals surface area contributed by atoms with Gasteiger partial charge in [-0.2, -0.15) is 0 Å². The molecule has 0 saturated carbocycles. The van der Waals surface area contributed by atoms with Gasteiger partial charge in [0.15, 0.2) is 0 Å². The summed E-state index contributed by atoms with van der Waals surface area (Å²) in [6, 6.07) is 23.0. The Labute approximate surface area is 202 Å². The lowest BCUT2D eigenvalue weighted by molar-refractivity contribution is -0.130. The number of nitrogens with zero attached hydrogens (tertiary/aromatic N) is 2. The van der Waals surface area contributed by atoms with E-state index in [2.05, 4.69) is 31.5 Å². The van der Waals surface area contributed by atoms with E-state index in [1.165, 1.54) is 0 Å². The molecule has 6 nitrogen and oxygen atoms in total. The minimum absolute atomic E-state index is 0.180. The fraction of sp³-hybridized carbons (Fsp3) is 0.231. The van der Waals surface area contributed by atoms with Crippen molar-refractivity contribution in [3.05, 3.63) is 88.4 Å². The molecular formula is C26H27BrN4O2. The van der Waals surface area contributed by atoms with Crippen molar-refractivity contribution >= 4 is 44.9 Å². The van der Waals surface area contributed by atoms with Crippen molar-refractivity contribution in [2.24, 2.45) is 0 Å². The third-order valence-electron chi connectivity index (χ3n) is 5.85. The lowest BCUT2D eigenvalue weighted by atomic mass is 10.1. The average molecular weight is 507 g/mol. The van der Waals surface area contributed by atoms with Gasteiger partial charge in [0.05, 0.1) is 12.1 Å². The van der Waals surface area contributed by atoms with Gasteiger partial charge in [0, 0.05) is 42.0 Å². The van der Waals surface area contributed by atoms with Crippen LogP contribution < -0.4 is 15.5 Å². The predicted molar refractivity (Wildman–Crippen MR) is 137 cm³/mol. The number of carbonyl (C=O) groups is 2. The van der Waals surface area contributed by atoms with Crippen LogP contribution in [0, 0.1) is 6.92 Å². The quantitative estimate of drug-likeness (QED) is 0.493. The average Bonchev–Trinajstić information content (AvgIpc) is 2.83. The van der Waals surface area contributed by atoms with E-state index in [0.717, 1.165) is 40.1 Å². The number of nitrogens with one attached hydrogen (secondary N) is 2. The lowest BCUT2D eigenvalue weighted by Crippen LogP contribution is -2.49. The zero-order chi connectivity index (χ0) is 23.2. The molecule has 2 N–H and O–H groups in total. The number of urea groups is 1. The van der Waals surface area contributed by atoms with Gasteiger partial charge >= 0.3 is 6.03 Å². The van der Waals surface area contributed by atoms with E-state index >= 15 is 0 Å². The van der Waals surface area contributed by atoms with E-state index in [-0.39, 0.29) is 11.9 Å². The Bertz CT molecular complexity index is 1130. The largest absolute Gasteiger partial charge is 0.368 e. The van der Waals surface area contributed by atoms with Gasteiger partial charge in [0.2, 0.25) is 5.91 Å². The third kappa shape index (κ3) is 5.93. The van der Waals surface area contributed by atoms with Crippen LogP contribution in [0.5, 0.6) is 0 Å². The van der Waals surface area contributed by atoms with Gasteiger partial charge in [-0.05, 0) is 70.4 Å². The van der Waals surface area contributed by atoms with E-state index in [1.807, 2.05) is 84.6 Å². The number of hydrogen-bond acceptors (Lipinski definition) is 3. The van der Waals surface area contributed by atoms with E-state index in [4.69, 9.17) is 0 Å². The Hall–Kier alpha value is -3.32. The Morgan fingerprint density at radius 1 is 0.848 bits per heavy atom. The van der Waals surface area contributed by atoms with Crippen molar-refractivity contribution in [2.75, 3.05) is 41.7 Å². The van der Waals surface area contributed by atoms with E-state index in [1.54, 1.807) is 0 Å². The van der Waals surface area contributed by atoms with Crippen LogP contribution in [-0.4, -0.2) is 43.0 Å². The molecule has 170 valence electrons. The molecule has 3 amide bonds. The van der Waals surface area contributed by atoms with Crippen molar-refractivity contribution in [3.63, 3.8) is 0 Å². The van der Waals surface area contributed by atoms with Gasteiger partial charge in [-0.25, -0.2) is 4.79 Å². The Morgan fingerprint density at radius 3 is 2.21 bits per heavy atom. The van der Waals surface area contributed by atoms with Crippen molar-refractivity contribution in [3.8, 4) is 0 Å². The van der Waals surface area contributed by atoms with Crippen LogP contribution in [0.1, 0.15) is 11.1 Å². The van der Waals surface area contributed by atoms with Gasteiger partial charge in [0.25, 0.3) is 0 Å². The number of para-hydroxylation sites is 1. The predicted octanol–water partition coefficient (Wildman–Crippen LogP) is 5.29. The molecule has 0 bridgehead atoms. The number of halogens is 1. The molecule has 1 heterocycles. The summed E-state index contributed by atoms with van der Waals surface area (Å²) < 4.78 is 0.826. The summed E-state index contributed by atoms with van der Waals surface area (Å²) in [6.07, 6.45) is 0.453. The van der Waals surface area contributed by atoms with Crippen LogP contribution in [0.4, 0.5) is 21.9 Å².